The van der Waals surface area contributed by atoms with Gasteiger partial charge in [-0.2, -0.15) is 5.26 Å². The molecular formula is C28H28N2O3. The fourth-order valence-corrected chi connectivity index (χ4v) is 4.44. The van der Waals surface area contributed by atoms with Crippen LogP contribution in [0.15, 0.2) is 48.5 Å². The third kappa shape index (κ3) is 4.61. The number of benzene rings is 2. The monoisotopic (exact) mass is 440 g/mol. The predicted molar refractivity (Wildman–Crippen MR) is 130 cm³/mol. The summed E-state index contributed by atoms with van der Waals surface area (Å²) in [7, 11) is 1.65. The van der Waals surface area contributed by atoms with Crippen molar-refractivity contribution in [2.45, 2.75) is 33.6 Å². The molecule has 1 atom stereocenters. The van der Waals surface area contributed by atoms with Crippen LogP contribution in [0.4, 0.5) is 0 Å². The number of nitrogens with zero attached hydrogens (tertiary/aromatic N) is 2. The molecule has 0 unspecified atom stereocenters. The molecule has 1 aromatic heterocycles. The van der Waals surface area contributed by atoms with E-state index in [1.165, 1.54) is 0 Å². The maximum absolute atomic E-state index is 13.1. The Morgan fingerprint density at radius 1 is 1.15 bits per heavy atom. The number of aromatic nitrogens is 1. The van der Waals surface area contributed by atoms with Gasteiger partial charge >= 0.3 is 5.97 Å². The van der Waals surface area contributed by atoms with E-state index in [2.05, 4.69) is 26.8 Å². The molecule has 0 N–H and O–H groups in total. The molecule has 3 aromatic rings. The summed E-state index contributed by atoms with van der Waals surface area (Å²) in [6.45, 7) is 6.42. The third-order valence-electron chi connectivity index (χ3n) is 6.37. The fraction of sp³-hybridized carbons (Fsp3) is 0.321. The summed E-state index contributed by atoms with van der Waals surface area (Å²) >= 11 is 0. The largest absolute Gasteiger partial charge is 0.497 e. The van der Waals surface area contributed by atoms with Gasteiger partial charge in [0.15, 0.2) is 6.61 Å². The molecule has 0 spiro atoms. The van der Waals surface area contributed by atoms with Gasteiger partial charge in [0.1, 0.15) is 11.8 Å². The number of hydrogen-bond acceptors (Lipinski definition) is 5. The summed E-state index contributed by atoms with van der Waals surface area (Å²) in [4.78, 5) is 18.1. The van der Waals surface area contributed by atoms with Crippen LogP contribution >= 0.6 is 0 Å². The molecule has 0 radical (unpaired) electrons. The summed E-state index contributed by atoms with van der Waals surface area (Å²) < 4.78 is 10.6. The zero-order chi connectivity index (χ0) is 23.6. The molecule has 1 aliphatic rings. The highest BCUT2D eigenvalue weighted by Gasteiger charge is 2.35. The Hall–Kier alpha value is -3.65. The van der Waals surface area contributed by atoms with Crippen LogP contribution in [0.3, 0.4) is 0 Å². The summed E-state index contributed by atoms with van der Waals surface area (Å²) in [6.07, 6.45) is 3.75. The minimum absolute atomic E-state index is 0.0379. The van der Waals surface area contributed by atoms with Crippen LogP contribution in [0.1, 0.15) is 54.4 Å². The van der Waals surface area contributed by atoms with E-state index in [-0.39, 0.29) is 12.0 Å². The van der Waals surface area contributed by atoms with Crippen molar-refractivity contribution in [3.63, 3.8) is 0 Å². The third-order valence-corrected chi connectivity index (χ3v) is 6.37. The summed E-state index contributed by atoms with van der Waals surface area (Å²) in [5, 5.41) is 9.71. The van der Waals surface area contributed by atoms with E-state index in [9.17, 15) is 4.79 Å². The lowest BCUT2D eigenvalue weighted by Gasteiger charge is -2.36. The van der Waals surface area contributed by atoms with E-state index in [1.54, 1.807) is 7.11 Å². The van der Waals surface area contributed by atoms with Crippen LogP contribution in [0.5, 0.6) is 5.75 Å². The van der Waals surface area contributed by atoms with Gasteiger partial charge < -0.3 is 9.47 Å². The Bertz CT molecular complexity index is 1260. The zero-order valence-electron chi connectivity index (χ0n) is 19.5. The molecular weight excluding hydrogens is 412 g/mol. The van der Waals surface area contributed by atoms with Gasteiger partial charge in [0.2, 0.25) is 0 Å². The van der Waals surface area contributed by atoms with Crippen LogP contribution in [0, 0.1) is 22.7 Å². The van der Waals surface area contributed by atoms with Crippen molar-refractivity contribution in [3.8, 4) is 11.8 Å². The normalized spacial score (nSPS) is 16.8. The van der Waals surface area contributed by atoms with E-state index in [0.29, 0.717) is 11.5 Å². The zero-order valence-corrected chi connectivity index (χ0v) is 19.5. The molecule has 0 amide bonds. The van der Waals surface area contributed by atoms with E-state index >= 15 is 0 Å². The average molecular weight is 441 g/mol. The molecule has 0 saturated heterocycles. The Morgan fingerprint density at radius 2 is 1.88 bits per heavy atom. The molecule has 0 fully saturated rings. The van der Waals surface area contributed by atoms with E-state index in [4.69, 9.17) is 19.7 Å². The summed E-state index contributed by atoms with van der Waals surface area (Å²) in [5.74, 6) is 0.658. The molecule has 5 heteroatoms. The molecule has 1 aliphatic carbocycles. The lowest BCUT2D eigenvalue weighted by molar-refractivity contribution is 0.0555. The number of allylic oxidation sites excluding steroid dienone is 1. The standard InChI is InChI=1S/C28H28N2O3/c1-28(2,3)20-16-19(15-18-9-11-21(32-4)12-10-18)26-23(17-20)25(27(31)33-14-13-29)22-7-5-6-8-24(22)30-26/h5-12,15,20H,14,16-17H2,1-4H3/b19-15-/t20-/m0/s1. The van der Waals surface area contributed by atoms with Crippen molar-refractivity contribution in [1.82, 2.24) is 4.98 Å². The number of rotatable bonds is 4. The highest BCUT2D eigenvalue weighted by Crippen LogP contribution is 2.44. The van der Waals surface area contributed by atoms with Crippen molar-refractivity contribution in [1.29, 1.82) is 5.26 Å². The van der Waals surface area contributed by atoms with Gasteiger partial charge in [-0.25, -0.2) is 9.78 Å². The molecule has 2 aromatic carbocycles. The van der Waals surface area contributed by atoms with Gasteiger partial charge in [0.05, 0.1) is 23.9 Å². The van der Waals surface area contributed by atoms with Crippen LogP contribution in [-0.4, -0.2) is 24.7 Å². The first-order valence-corrected chi connectivity index (χ1v) is 11.1. The van der Waals surface area contributed by atoms with Gasteiger partial charge in [-0.3, -0.25) is 0 Å². The van der Waals surface area contributed by atoms with Crippen LogP contribution in [0.2, 0.25) is 0 Å². The van der Waals surface area contributed by atoms with Gasteiger partial charge in [0.25, 0.3) is 0 Å². The molecule has 33 heavy (non-hydrogen) atoms. The molecule has 168 valence electrons. The van der Waals surface area contributed by atoms with Crippen LogP contribution in [-0.2, 0) is 11.2 Å². The first kappa shape index (κ1) is 22.5. The van der Waals surface area contributed by atoms with E-state index in [1.807, 2.05) is 54.6 Å². The number of carbonyl (C=O) groups is 1. The Kier molecular flexibility index (Phi) is 6.20. The smallest absolute Gasteiger partial charge is 0.340 e. The number of fused-ring (bicyclic) bond motifs is 2. The maximum atomic E-state index is 13.1. The van der Waals surface area contributed by atoms with Gasteiger partial charge in [-0.1, -0.05) is 51.1 Å². The Morgan fingerprint density at radius 3 is 2.55 bits per heavy atom. The number of ether oxygens (including phenoxy) is 2. The molecule has 4 rings (SSSR count). The van der Waals surface area contributed by atoms with E-state index in [0.717, 1.165) is 51.9 Å². The minimum Gasteiger partial charge on any atom is -0.497 e. The van der Waals surface area contributed by atoms with Crippen LogP contribution in [0.25, 0.3) is 22.6 Å². The average Bonchev–Trinajstić information content (AvgIpc) is 2.81. The summed E-state index contributed by atoms with van der Waals surface area (Å²) in [6, 6.07) is 17.5. The van der Waals surface area contributed by atoms with Crippen molar-refractivity contribution in [2.24, 2.45) is 11.3 Å². The first-order chi connectivity index (χ1) is 15.8. The van der Waals surface area contributed by atoms with Gasteiger partial charge in [-0.05, 0) is 65.1 Å². The van der Waals surface area contributed by atoms with Crippen molar-refractivity contribution < 1.29 is 14.3 Å². The number of para-hydroxylation sites is 1. The van der Waals surface area contributed by atoms with Gasteiger partial charge in [-0.15, -0.1) is 0 Å². The van der Waals surface area contributed by atoms with Gasteiger partial charge in [0, 0.05) is 5.39 Å². The number of carbonyl (C=O) groups excluding carboxylic acids is 1. The van der Waals surface area contributed by atoms with Crippen molar-refractivity contribution in [3.05, 3.63) is 70.9 Å². The molecule has 0 saturated carbocycles. The molecule has 0 bridgehead atoms. The Labute approximate surface area is 194 Å². The summed E-state index contributed by atoms with van der Waals surface area (Å²) in [5.41, 5.74) is 5.21. The van der Waals surface area contributed by atoms with Crippen molar-refractivity contribution >= 4 is 28.5 Å². The molecule has 0 aliphatic heterocycles. The first-order valence-electron chi connectivity index (χ1n) is 11.1. The second-order valence-corrected chi connectivity index (χ2v) is 9.48. The number of esters is 1. The highest BCUT2D eigenvalue weighted by molar-refractivity contribution is 6.06. The molecule has 1 heterocycles. The fourth-order valence-electron chi connectivity index (χ4n) is 4.44. The van der Waals surface area contributed by atoms with E-state index < -0.39 is 5.97 Å². The lowest BCUT2D eigenvalue weighted by Crippen LogP contribution is -2.28. The minimum atomic E-state index is -0.468. The van der Waals surface area contributed by atoms with Crippen LogP contribution < -0.4 is 4.74 Å². The van der Waals surface area contributed by atoms with Crippen molar-refractivity contribution in [2.75, 3.05) is 13.7 Å². The SMILES string of the molecule is COc1ccc(/C=C2/C[C@H](C(C)(C)C)Cc3c2nc2ccccc2c3C(=O)OCC#N)cc1. The second kappa shape index (κ2) is 9.07. The molecule has 5 nitrogen and oxygen atoms in total. The lowest BCUT2D eigenvalue weighted by atomic mass is 9.69. The number of methoxy groups -OCH3 is 1. The second-order valence-electron chi connectivity index (χ2n) is 9.48. The topological polar surface area (TPSA) is 72.2 Å². The maximum Gasteiger partial charge on any atom is 0.340 e. The predicted octanol–water partition coefficient (Wildman–Crippen LogP) is 6.07. The number of nitriles is 1. The number of hydrogen-bond donors (Lipinski definition) is 0. The highest BCUT2D eigenvalue weighted by atomic mass is 16.5. The Balaban J connectivity index is 1.94. The quantitative estimate of drug-likeness (QED) is 0.460. The number of pyridine rings is 1.